The van der Waals surface area contributed by atoms with E-state index in [-0.39, 0.29) is 0 Å². The fraction of sp³-hybridized carbons (Fsp3) is 1.00. The van der Waals surface area contributed by atoms with E-state index in [9.17, 15) is 0 Å². The van der Waals surface area contributed by atoms with Crippen molar-refractivity contribution in [3.63, 3.8) is 0 Å². The van der Waals surface area contributed by atoms with Crippen LogP contribution in [0.5, 0.6) is 0 Å². The second-order valence-electron chi connectivity index (χ2n) is 4.01. The Hall–Kier alpha value is 0.580. The highest BCUT2D eigenvalue weighted by Crippen LogP contribution is 2.12. The molecule has 0 saturated carbocycles. The summed E-state index contributed by atoms with van der Waals surface area (Å²) in [6, 6.07) is 0. The van der Waals surface area contributed by atoms with E-state index in [4.69, 9.17) is 14.2 Å². The SMILES string of the molecule is COCCOCOCCCCCC(CS)CS. The van der Waals surface area contributed by atoms with E-state index in [1.165, 1.54) is 19.3 Å². The third-order valence-electron chi connectivity index (χ3n) is 2.52. The van der Waals surface area contributed by atoms with Gasteiger partial charge in [-0.3, -0.25) is 0 Å². The summed E-state index contributed by atoms with van der Waals surface area (Å²) in [5.41, 5.74) is 0. The van der Waals surface area contributed by atoms with Crippen LogP contribution in [-0.4, -0.2) is 45.2 Å². The first-order valence-corrected chi connectivity index (χ1v) is 7.47. The number of rotatable bonds is 13. The molecule has 0 aliphatic heterocycles. The predicted octanol–water partition coefficient (Wildman–Crippen LogP) is 2.66. The number of ether oxygens (including phenoxy) is 3. The van der Waals surface area contributed by atoms with Crippen molar-refractivity contribution in [2.24, 2.45) is 5.92 Å². The zero-order chi connectivity index (χ0) is 12.8. The van der Waals surface area contributed by atoms with Gasteiger partial charge < -0.3 is 14.2 Å². The molecule has 104 valence electrons. The van der Waals surface area contributed by atoms with Crippen LogP contribution in [0.3, 0.4) is 0 Å². The molecular weight excluding hydrogens is 256 g/mol. The number of hydrogen-bond donors (Lipinski definition) is 2. The Balaban J connectivity index is 3.03. The van der Waals surface area contributed by atoms with Gasteiger partial charge >= 0.3 is 0 Å². The summed E-state index contributed by atoms with van der Waals surface area (Å²) in [6.45, 7) is 2.37. The molecule has 0 fully saturated rings. The Kier molecular flexibility index (Phi) is 15.1. The van der Waals surface area contributed by atoms with Crippen LogP contribution in [0.15, 0.2) is 0 Å². The van der Waals surface area contributed by atoms with E-state index in [1.807, 2.05) is 0 Å². The highest BCUT2D eigenvalue weighted by atomic mass is 32.1. The van der Waals surface area contributed by atoms with Crippen molar-refractivity contribution in [1.82, 2.24) is 0 Å². The Morgan fingerprint density at radius 2 is 1.59 bits per heavy atom. The van der Waals surface area contributed by atoms with E-state index >= 15 is 0 Å². The van der Waals surface area contributed by atoms with Crippen molar-refractivity contribution in [2.75, 3.05) is 45.2 Å². The molecule has 0 amide bonds. The average molecular weight is 282 g/mol. The van der Waals surface area contributed by atoms with Crippen molar-refractivity contribution in [3.8, 4) is 0 Å². The minimum atomic E-state index is 0.374. The van der Waals surface area contributed by atoms with Crippen molar-refractivity contribution in [1.29, 1.82) is 0 Å². The van der Waals surface area contributed by atoms with Gasteiger partial charge in [0.25, 0.3) is 0 Å². The maximum atomic E-state index is 5.33. The first-order valence-electron chi connectivity index (χ1n) is 6.21. The zero-order valence-corrected chi connectivity index (χ0v) is 12.6. The van der Waals surface area contributed by atoms with Crippen molar-refractivity contribution < 1.29 is 14.2 Å². The van der Waals surface area contributed by atoms with Crippen LogP contribution in [0.4, 0.5) is 0 Å². The molecule has 5 heteroatoms. The van der Waals surface area contributed by atoms with Gasteiger partial charge in [-0.05, 0) is 30.3 Å². The molecule has 0 atom stereocenters. The molecule has 0 aliphatic rings. The van der Waals surface area contributed by atoms with Gasteiger partial charge in [0.05, 0.1) is 13.2 Å². The van der Waals surface area contributed by atoms with Crippen LogP contribution in [0.25, 0.3) is 0 Å². The lowest BCUT2D eigenvalue weighted by Crippen LogP contribution is -2.07. The first-order chi connectivity index (χ1) is 8.35. The van der Waals surface area contributed by atoms with Gasteiger partial charge in [-0.1, -0.05) is 12.8 Å². The van der Waals surface area contributed by atoms with Crippen molar-refractivity contribution >= 4 is 25.3 Å². The quantitative estimate of drug-likeness (QED) is 0.309. The molecular formula is C12H26O3S2. The molecule has 0 aromatic heterocycles. The van der Waals surface area contributed by atoms with E-state index in [0.29, 0.717) is 25.9 Å². The molecule has 0 aromatic rings. The minimum absolute atomic E-state index is 0.374. The molecule has 0 rings (SSSR count). The number of methoxy groups -OCH3 is 1. The van der Waals surface area contributed by atoms with Crippen LogP contribution >= 0.6 is 25.3 Å². The summed E-state index contributed by atoms with van der Waals surface area (Å²) in [5, 5.41) is 0. The summed E-state index contributed by atoms with van der Waals surface area (Å²) in [5.74, 6) is 2.53. The Morgan fingerprint density at radius 3 is 2.24 bits per heavy atom. The standard InChI is InChI=1S/C12H26O3S2/c1-13-7-8-15-11-14-6-4-2-3-5-12(9-16)10-17/h12,16-17H,2-11H2,1H3. The summed E-state index contributed by atoms with van der Waals surface area (Å²) in [6.07, 6.45) is 4.76. The molecule has 0 N–H and O–H groups in total. The third-order valence-corrected chi connectivity index (χ3v) is 3.55. The van der Waals surface area contributed by atoms with Crippen LogP contribution < -0.4 is 0 Å². The molecule has 0 heterocycles. The highest BCUT2D eigenvalue weighted by molar-refractivity contribution is 7.81. The number of thiol groups is 2. The summed E-state index contributed by atoms with van der Waals surface area (Å²) >= 11 is 8.59. The smallest absolute Gasteiger partial charge is 0.146 e. The van der Waals surface area contributed by atoms with Crippen molar-refractivity contribution in [2.45, 2.75) is 25.7 Å². The number of unbranched alkanes of at least 4 members (excludes halogenated alkanes) is 2. The molecule has 0 bridgehead atoms. The Morgan fingerprint density at radius 1 is 0.882 bits per heavy atom. The lowest BCUT2D eigenvalue weighted by Gasteiger charge is -2.10. The first kappa shape index (κ1) is 17.6. The van der Waals surface area contributed by atoms with E-state index in [1.54, 1.807) is 7.11 Å². The van der Waals surface area contributed by atoms with Gasteiger partial charge in [-0.25, -0.2) is 0 Å². The Bertz CT molecular complexity index is 144. The molecule has 0 saturated heterocycles. The second kappa shape index (κ2) is 14.6. The van der Waals surface area contributed by atoms with Gasteiger partial charge in [0.1, 0.15) is 6.79 Å². The lowest BCUT2D eigenvalue weighted by molar-refractivity contribution is -0.0664. The van der Waals surface area contributed by atoms with Crippen LogP contribution in [0.1, 0.15) is 25.7 Å². The maximum Gasteiger partial charge on any atom is 0.146 e. The second-order valence-corrected chi connectivity index (χ2v) is 4.74. The topological polar surface area (TPSA) is 27.7 Å². The molecule has 0 unspecified atom stereocenters. The van der Waals surface area contributed by atoms with Crippen LogP contribution in [0.2, 0.25) is 0 Å². The average Bonchev–Trinajstić information content (AvgIpc) is 2.36. The summed E-state index contributed by atoms with van der Waals surface area (Å²) < 4.78 is 15.4. The molecule has 0 aliphatic carbocycles. The number of hydrogen-bond acceptors (Lipinski definition) is 5. The van der Waals surface area contributed by atoms with E-state index in [2.05, 4.69) is 25.3 Å². The van der Waals surface area contributed by atoms with Gasteiger partial charge in [-0.15, -0.1) is 0 Å². The normalized spacial score (nSPS) is 11.3. The molecule has 0 aromatic carbocycles. The summed E-state index contributed by atoms with van der Waals surface area (Å²) in [4.78, 5) is 0. The van der Waals surface area contributed by atoms with Crippen LogP contribution in [0, 0.1) is 5.92 Å². The zero-order valence-electron chi connectivity index (χ0n) is 10.8. The van der Waals surface area contributed by atoms with E-state index < -0.39 is 0 Å². The van der Waals surface area contributed by atoms with Crippen LogP contribution in [-0.2, 0) is 14.2 Å². The fourth-order valence-corrected chi connectivity index (χ4v) is 2.20. The summed E-state index contributed by atoms with van der Waals surface area (Å²) in [7, 11) is 1.66. The largest absolute Gasteiger partial charge is 0.382 e. The van der Waals surface area contributed by atoms with Gasteiger partial charge in [0.15, 0.2) is 0 Å². The monoisotopic (exact) mass is 282 g/mol. The van der Waals surface area contributed by atoms with Gasteiger partial charge in [0.2, 0.25) is 0 Å². The molecule has 0 spiro atoms. The van der Waals surface area contributed by atoms with Gasteiger partial charge in [0, 0.05) is 13.7 Å². The predicted molar refractivity (Wildman–Crippen MR) is 78.3 cm³/mol. The Labute approximate surface area is 116 Å². The molecule has 0 radical (unpaired) electrons. The molecule has 17 heavy (non-hydrogen) atoms. The maximum absolute atomic E-state index is 5.33. The minimum Gasteiger partial charge on any atom is -0.382 e. The van der Waals surface area contributed by atoms with E-state index in [0.717, 1.165) is 24.5 Å². The highest BCUT2D eigenvalue weighted by Gasteiger charge is 2.03. The fourth-order valence-electron chi connectivity index (χ4n) is 1.37. The van der Waals surface area contributed by atoms with Crippen molar-refractivity contribution in [3.05, 3.63) is 0 Å². The van der Waals surface area contributed by atoms with Gasteiger partial charge in [-0.2, -0.15) is 25.3 Å². The molecule has 3 nitrogen and oxygen atoms in total. The third kappa shape index (κ3) is 12.8. The lowest BCUT2D eigenvalue weighted by atomic mass is 10.1.